The van der Waals surface area contributed by atoms with E-state index in [1.165, 1.54) is 19.3 Å². The molecule has 4 heteroatoms. The van der Waals surface area contributed by atoms with Gasteiger partial charge in [-0.1, -0.05) is 32.6 Å². The fourth-order valence-corrected chi connectivity index (χ4v) is 1.75. The van der Waals surface area contributed by atoms with Crippen LogP contribution in [0.25, 0.3) is 0 Å². The number of aromatic nitrogens is 1. The van der Waals surface area contributed by atoms with Crippen molar-refractivity contribution in [3.63, 3.8) is 0 Å². The highest BCUT2D eigenvalue weighted by Gasteiger charge is 2.05. The van der Waals surface area contributed by atoms with Crippen LogP contribution in [-0.4, -0.2) is 16.1 Å². The molecule has 0 aromatic carbocycles. The number of aromatic hydroxyl groups is 1. The lowest BCUT2D eigenvalue weighted by Gasteiger charge is -2.06. The molecule has 0 atom stereocenters. The Morgan fingerprint density at radius 2 is 2.05 bits per heavy atom. The zero-order valence-corrected chi connectivity index (χ0v) is 11.8. The first-order chi connectivity index (χ1) is 9.13. The van der Waals surface area contributed by atoms with E-state index in [-0.39, 0.29) is 18.3 Å². The Bertz CT molecular complexity index is 404. The van der Waals surface area contributed by atoms with Crippen molar-refractivity contribution in [2.75, 3.05) is 0 Å². The molecule has 1 aromatic rings. The highest BCUT2D eigenvalue weighted by molar-refractivity contribution is 5.69. The van der Waals surface area contributed by atoms with Crippen LogP contribution in [0, 0.1) is 6.92 Å². The van der Waals surface area contributed by atoms with Crippen LogP contribution in [0.2, 0.25) is 0 Å². The van der Waals surface area contributed by atoms with E-state index in [2.05, 4.69) is 11.9 Å². The van der Waals surface area contributed by atoms with Gasteiger partial charge in [0.15, 0.2) is 0 Å². The summed E-state index contributed by atoms with van der Waals surface area (Å²) >= 11 is 0. The molecule has 1 rings (SSSR count). The SMILES string of the molecule is CCCCCCCC(=O)OCc1cnc(C)c(O)c1. The molecule has 1 heterocycles. The first kappa shape index (κ1) is 15.5. The molecule has 0 fully saturated rings. The molecule has 0 unspecified atom stereocenters. The summed E-state index contributed by atoms with van der Waals surface area (Å²) in [5.74, 6) is -0.0512. The predicted molar refractivity (Wildman–Crippen MR) is 73.8 cm³/mol. The van der Waals surface area contributed by atoms with Crippen LogP contribution in [0.5, 0.6) is 5.75 Å². The minimum Gasteiger partial charge on any atom is -0.506 e. The Balaban J connectivity index is 2.20. The van der Waals surface area contributed by atoms with Gasteiger partial charge in [-0.25, -0.2) is 0 Å². The van der Waals surface area contributed by atoms with Gasteiger partial charge in [-0.2, -0.15) is 0 Å². The molecule has 0 amide bonds. The summed E-state index contributed by atoms with van der Waals surface area (Å²) in [6.45, 7) is 4.06. The van der Waals surface area contributed by atoms with E-state index in [9.17, 15) is 9.90 Å². The van der Waals surface area contributed by atoms with Gasteiger partial charge in [0.25, 0.3) is 0 Å². The maximum absolute atomic E-state index is 11.5. The molecule has 19 heavy (non-hydrogen) atoms. The largest absolute Gasteiger partial charge is 0.506 e. The van der Waals surface area contributed by atoms with E-state index < -0.39 is 0 Å². The van der Waals surface area contributed by atoms with Gasteiger partial charge >= 0.3 is 5.97 Å². The molecule has 0 spiro atoms. The van der Waals surface area contributed by atoms with Gasteiger partial charge in [0, 0.05) is 18.2 Å². The number of rotatable bonds is 8. The van der Waals surface area contributed by atoms with Gasteiger partial charge in [-0.05, 0) is 19.4 Å². The third-order valence-electron chi connectivity index (χ3n) is 3.00. The van der Waals surface area contributed by atoms with Crippen LogP contribution in [0.4, 0.5) is 0 Å². The van der Waals surface area contributed by atoms with Crippen LogP contribution >= 0.6 is 0 Å². The van der Waals surface area contributed by atoms with Gasteiger partial charge in [-0.3, -0.25) is 9.78 Å². The Morgan fingerprint density at radius 3 is 2.74 bits per heavy atom. The van der Waals surface area contributed by atoms with Gasteiger partial charge in [0.1, 0.15) is 12.4 Å². The molecule has 0 aliphatic heterocycles. The number of carbonyl (C=O) groups excluding carboxylic acids is 1. The standard InChI is InChI=1S/C15H23NO3/c1-3-4-5-6-7-8-15(18)19-11-13-9-14(17)12(2)16-10-13/h9-10,17H,3-8,11H2,1-2H3. The fraction of sp³-hybridized carbons (Fsp3) is 0.600. The first-order valence-electron chi connectivity index (χ1n) is 6.93. The highest BCUT2D eigenvalue weighted by Crippen LogP contribution is 2.15. The fourth-order valence-electron chi connectivity index (χ4n) is 1.75. The molecule has 0 radical (unpaired) electrons. The van der Waals surface area contributed by atoms with Crippen LogP contribution in [-0.2, 0) is 16.1 Å². The molecule has 106 valence electrons. The summed E-state index contributed by atoms with van der Waals surface area (Å²) in [4.78, 5) is 15.5. The van der Waals surface area contributed by atoms with Crippen molar-refractivity contribution in [3.05, 3.63) is 23.5 Å². The van der Waals surface area contributed by atoms with Crippen molar-refractivity contribution in [2.24, 2.45) is 0 Å². The summed E-state index contributed by atoms with van der Waals surface area (Å²) in [7, 11) is 0. The maximum atomic E-state index is 11.5. The topological polar surface area (TPSA) is 59.4 Å². The number of carbonyl (C=O) groups is 1. The smallest absolute Gasteiger partial charge is 0.306 e. The molecule has 4 nitrogen and oxygen atoms in total. The first-order valence-corrected chi connectivity index (χ1v) is 6.93. The Kier molecular flexibility index (Phi) is 6.93. The minimum absolute atomic E-state index is 0.133. The number of aryl methyl sites for hydroxylation is 1. The van der Waals surface area contributed by atoms with Crippen molar-refractivity contribution >= 4 is 5.97 Å². The minimum atomic E-state index is -0.184. The predicted octanol–water partition coefficient (Wildman–Crippen LogP) is 3.50. The summed E-state index contributed by atoms with van der Waals surface area (Å²) in [5.41, 5.74) is 1.29. The van der Waals surface area contributed by atoms with E-state index in [4.69, 9.17) is 4.74 Å². The van der Waals surface area contributed by atoms with Crippen molar-refractivity contribution in [1.29, 1.82) is 0 Å². The number of nitrogens with zero attached hydrogens (tertiary/aromatic N) is 1. The van der Waals surface area contributed by atoms with Gasteiger partial charge < -0.3 is 9.84 Å². The van der Waals surface area contributed by atoms with E-state index in [1.807, 2.05) is 0 Å². The summed E-state index contributed by atoms with van der Waals surface area (Å²) in [6.07, 6.45) is 7.65. The molecule has 0 aliphatic rings. The monoisotopic (exact) mass is 265 g/mol. The number of esters is 1. The normalized spacial score (nSPS) is 10.4. The molecule has 0 bridgehead atoms. The third kappa shape index (κ3) is 6.22. The molecule has 0 saturated carbocycles. The second kappa shape index (κ2) is 8.51. The number of hydrogen-bond acceptors (Lipinski definition) is 4. The average Bonchev–Trinajstić information content (AvgIpc) is 2.40. The zero-order valence-electron chi connectivity index (χ0n) is 11.8. The van der Waals surface area contributed by atoms with E-state index in [0.717, 1.165) is 12.8 Å². The van der Waals surface area contributed by atoms with E-state index in [0.29, 0.717) is 17.7 Å². The lowest BCUT2D eigenvalue weighted by atomic mass is 10.1. The Hall–Kier alpha value is -1.58. The Labute approximate surface area is 114 Å². The molecule has 1 aromatic heterocycles. The molecular weight excluding hydrogens is 242 g/mol. The van der Waals surface area contributed by atoms with Crippen molar-refractivity contribution in [3.8, 4) is 5.75 Å². The van der Waals surface area contributed by atoms with Gasteiger partial charge in [0.2, 0.25) is 0 Å². The van der Waals surface area contributed by atoms with Crippen molar-refractivity contribution in [1.82, 2.24) is 4.98 Å². The molecular formula is C15H23NO3. The van der Waals surface area contributed by atoms with Crippen LogP contribution < -0.4 is 0 Å². The van der Waals surface area contributed by atoms with Crippen molar-refractivity contribution in [2.45, 2.75) is 59.0 Å². The second-order valence-corrected chi connectivity index (χ2v) is 4.77. The summed E-state index contributed by atoms with van der Waals surface area (Å²) in [6, 6.07) is 1.58. The third-order valence-corrected chi connectivity index (χ3v) is 3.00. The van der Waals surface area contributed by atoms with Gasteiger partial charge in [0.05, 0.1) is 5.69 Å². The second-order valence-electron chi connectivity index (χ2n) is 4.77. The average molecular weight is 265 g/mol. The van der Waals surface area contributed by atoms with Crippen molar-refractivity contribution < 1.29 is 14.6 Å². The van der Waals surface area contributed by atoms with Crippen LogP contribution in [0.1, 0.15) is 56.7 Å². The quantitative estimate of drug-likeness (QED) is 0.577. The molecule has 0 saturated heterocycles. The highest BCUT2D eigenvalue weighted by atomic mass is 16.5. The summed E-state index contributed by atoms with van der Waals surface area (Å²) in [5, 5.41) is 9.49. The van der Waals surface area contributed by atoms with Crippen LogP contribution in [0.15, 0.2) is 12.3 Å². The van der Waals surface area contributed by atoms with E-state index in [1.54, 1.807) is 19.2 Å². The number of pyridine rings is 1. The van der Waals surface area contributed by atoms with Crippen LogP contribution in [0.3, 0.4) is 0 Å². The number of ether oxygens (including phenoxy) is 1. The van der Waals surface area contributed by atoms with E-state index >= 15 is 0 Å². The lowest BCUT2D eigenvalue weighted by molar-refractivity contribution is -0.145. The summed E-state index contributed by atoms with van der Waals surface area (Å²) < 4.78 is 5.14. The number of unbranched alkanes of at least 4 members (excludes halogenated alkanes) is 4. The zero-order chi connectivity index (χ0) is 14.1. The molecule has 0 aliphatic carbocycles. The lowest BCUT2D eigenvalue weighted by Crippen LogP contribution is -2.04. The Morgan fingerprint density at radius 1 is 1.32 bits per heavy atom. The number of hydrogen-bond donors (Lipinski definition) is 1. The maximum Gasteiger partial charge on any atom is 0.306 e. The van der Waals surface area contributed by atoms with Gasteiger partial charge in [-0.15, -0.1) is 0 Å². The molecule has 1 N–H and O–H groups in total.